The molecule has 0 N–H and O–H groups in total. The van der Waals surface area contributed by atoms with E-state index < -0.39 is 0 Å². The molecule has 1 saturated heterocycles. The number of ether oxygens (including phenoxy) is 2. The van der Waals surface area contributed by atoms with Crippen molar-refractivity contribution < 1.29 is 9.47 Å². The minimum absolute atomic E-state index is 0.118. The lowest BCUT2D eigenvalue weighted by molar-refractivity contribution is -0.0441. The van der Waals surface area contributed by atoms with Crippen LogP contribution in [0.3, 0.4) is 0 Å². The maximum absolute atomic E-state index is 5.22. The lowest BCUT2D eigenvalue weighted by atomic mass is 10.3. The zero-order valence-electron chi connectivity index (χ0n) is 10.9. The first kappa shape index (κ1) is 14.1. The number of likely N-dealkylation sites (N-methyl/N-ethyl adjacent to an activating group) is 1. The fraction of sp³-hybridized carbons (Fsp3) is 1.00. The van der Waals surface area contributed by atoms with E-state index in [0.29, 0.717) is 0 Å². The monoisotopic (exact) mass is 246 g/mol. The molecule has 0 radical (unpaired) electrons. The maximum Gasteiger partial charge on any atom is 0.134 e. The zero-order valence-corrected chi connectivity index (χ0v) is 12.4. The van der Waals surface area contributed by atoms with Crippen LogP contribution in [0.5, 0.6) is 0 Å². The minimum Gasteiger partial charge on any atom is -0.360 e. The van der Waals surface area contributed by atoms with E-state index in [2.05, 4.69) is 16.8 Å². The van der Waals surface area contributed by atoms with Gasteiger partial charge in [0.25, 0.3) is 0 Å². The first-order valence-corrected chi connectivity index (χ1v) is 8.04. The summed E-state index contributed by atoms with van der Waals surface area (Å²) in [6.07, 6.45) is 1.30. The molecule has 0 bridgehead atoms. The molecule has 0 aliphatic carbocycles. The van der Waals surface area contributed by atoms with Gasteiger partial charge in [0.1, 0.15) is 5.91 Å². The van der Waals surface area contributed by atoms with Gasteiger partial charge in [0.05, 0.1) is 9.52 Å². The smallest absolute Gasteiger partial charge is 0.134 e. The minimum atomic E-state index is -0.213. The molecule has 1 aliphatic rings. The Kier molecular flexibility index (Phi) is 7.23. The average Bonchev–Trinajstić information content (AvgIpc) is 2.32. The molecule has 16 heavy (non-hydrogen) atoms. The molecule has 0 atom stereocenters. The number of hydrogen-bond acceptors (Lipinski definition) is 4. The van der Waals surface area contributed by atoms with Crippen molar-refractivity contribution in [2.45, 2.75) is 18.4 Å². The highest BCUT2D eigenvalue weighted by molar-refractivity contribution is 6.36. The Morgan fingerprint density at radius 1 is 1.12 bits per heavy atom. The SMILES string of the molecule is COC(OC)[SiH2]CCCN1CCN(C)CC1. The maximum atomic E-state index is 5.22. The highest BCUT2D eigenvalue weighted by Gasteiger charge is 2.13. The summed E-state index contributed by atoms with van der Waals surface area (Å²) in [7, 11) is 5.46. The molecular formula is C11H26N2O2Si. The van der Waals surface area contributed by atoms with Crippen molar-refractivity contribution in [3.8, 4) is 0 Å². The summed E-state index contributed by atoms with van der Waals surface area (Å²) in [5.74, 6) is 0.118. The number of nitrogens with zero attached hydrogens (tertiary/aromatic N) is 2. The Bertz CT molecular complexity index is 171. The second-order valence-corrected chi connectivity index (χ2v) is 6.49. The summed E-state index contributed by atoms with van der Waals surface area (Å²) < 4.78 is 10.4. The summed E-state index contributed by atoms with van der Waals surface area (Å²) in [5, 5.41) is 0. The molecule has 4 nitrogen and oxygen atoms in total. The Morgan fingerprint density at radius 2 is 1.75 bits per heavy atom. The van der Waals surface area contributed by atoms with Crippen molar-refractivity contribution in [3.05, 3.63) is 0 Å². The molecule has 5 heteroatoms. The van der Waals surface area contributed by atoms with Gasteiger partial charge in [0, 0.05) is 40.4 Å². The van der Waals surface area contributed by atoms with E-state index >= 15 is 0 Å². The zero-order chi connectivity index (χ0) is 11.8. The summed E-state index contributed by atoms with van der Waals surface area (Å²) in [6, 6.07) is 1.32. The molecule has 0 spiro atoms. The largest absolute Gasteiger partial charge is 0.360 e. The van der Waals surface area contributed by atoms with Crippen molar-refractivity contribution in [1.82, 2.24) is 9.80 Å². The van der Waals surface area contributed by atoms with Gasteiger partial charge >= 0.3 is 0 Å². The van der Waals surface area contributed by atoms with Crippen LogP contribution >= 0.6 is 0 Å². The Balaban J connectivity index is 1.98. The topological polar surface area (TPSA) is 24.9 Å². The molecule has 96 valence electrons. The average molecular weight is 246 g/mol. The molecule has 1 heterocycles. The fourth-order valence-electron chi connectivity index (χ4n) is 2.05. The molecule has 1 rings (SSSR count). The van der Waals surface area contributed by atoms with Gasteiger partial charge in [-0.1, -0.05) is 6.04 Å². The van der Waals surface area contributed by atoms with Crippen molar-refractivity contribution in [2.75, 3.05) is 54.0 Å². The van der Waals surface area contributed by atoms with Gasteiger partial charge in [-0.15, -0.1) is 0 Å². The van der Waals surface area contributed by atoms with Gasteiger partial charge < -0.3 is 19.3 Å². The van der Waals surface area contributed by atoms with Crippen molar-refractivity contribution in [3.63, 3.8) is 0 Å². The van der Waals surface area contributed by atoms with Crippen molar-refractivity contribution >= 4 is 9.52 Å². The highest BCUT2D eigenvalue weighted by Crippen LogP contribution is 2.03. The summed E-state index contributed by atoms with van der Waals surface area (Å²) >= 11 is 0. The summed E-state index contributed by atoms with van der Waals surface area (Å²) in [5.41, 5.74) is 0. The Hall–Kier alpha value is 0.0569. The summed E-state index contributed by atoms with van der Waals surface area (Å²) in [6.45, 7) is 6.15. The van der Waals surface area contributed by atoms with Gasteiger partial charge in [-0.05, 0) is 20.0 Å². The molecule has 0 aromatic carbocycles. The molecule has 0 amide bonds. The third-order valence-corrected chi connectivity index (χ3v) is 5.33. The lowest BCUT2D eigenvalue weighted by Crippen LogP contribution is -2.44. The molecule has 0 aromatic rings. The quantitative estimate of drug-likeness (QED) is 0.352. The second-order valence-electron chi connectivity index (χ2n) is 4.54. The van der Waals surface area contributed by atoms with Crippen LogP contribution in [0.4, 0.5) is 0 Å². The normalized spacial score (nSPS) is 20.2. The number of rotatable bonds is 7. The second kappa shape index (κ2) is 8.19. The van der Waals surface area contributed by atoms with E-state index in [1.54, 1.807) is 14.2 Å². The molecule has 0 unspecified atom stereocenters. The van der Waals surface area contributed by atoms with Crippen LogP contribution in [0, 0.1) is 0 Å². The van der Waals surface area contributed by atoms with Gasteiger partial charge in [-0.3, -0.25) is 0 Å². The van der Waals surface area contributed by atoms with E-state index in [-0.39, 0.29) is 15.4 Å². The number of hydrogen-bond donors (Lipinski definition) is 0. The van der Waals surface area contributed by atoms with Crippen LogP contribution in [0.1, 0.15) is 6.42 Å². The number of piperazine rings is 1. The highest BCUT2D eigenvalue weighted by atomic mass is 28.2. The molecule has 1 fully saturated rings. The standard InChI is InChI=1S/C11H26N2O2Si/c1-12-6-8-13(9-7-12)5-4-10-16-11(14-2)15-3/h11H,4-10,16H2,1-3H3. The molecule has 0 aromatic heterocycles. The van der Waals surface area contributed by atoms with E-state index in [9.17, 15) is 0 Å². The Morgan fingerprint density at radius 3 is 2.31 bits per heavy atom. The van der Waals surface area contributed by atoms with Crippen LogP contribution in [-0.4, -0.2) is 79.2 Å². The molecular weight excluding hydrogens is 220 g/mol. The van der Waals surface area contributed by atoms with E-state index in [4.69, 9.17) is 9.47 Å². The fourth-order valence-corrected chi connectivity index (χ4v) is 3.37. The van der Waals surface area contributed by atoms with E-state index in [1.807, 2.05) is 0 Å². The first-order valence-electron chi connectivity index (χ1n) is 6.22. The third kappa shape index (κ3) is 5.40. The lowest BCUT2D eigenvalue weighted by Gasteiger charge is -2.32. The molecule has 1 aliphatic heterocycles. The predicted octanol–water partition coefficient (Wildman–Crippen LogP) is -0.213. The van der Waals surface area contributed by atoms with E-state index in [1.165, 1.54) is 45.2 Å². The predicted molar refractivity (Wildman–Crippen MR) is 69.7 cm³/mol. The van der Waals surface area contributed by atoms with Gasteiger partial charge in [-0.2, -0.15) is 0 Å². The van der Waals surface area contributed by atoms with E-state index in [0.717, 1.165) is 0 Å². The van der Waals surface area contributed by atoms with Crippen LogP contribution in [-0.2, 0) is 9.47 Å². The van der Waals surface area contributed by atoms with Gasteiger partial charge in [-0.25, -0.2) is 0 Å². The summed E-state index contributed by atoms with van der Waals surface area (Å²) in [4.78, 5) is 4.97. The molecule has 0 saturated carbocycles. The third-order valence-electron chi connectivity index (χ3n) is 3.29. The Labute approximate surface area is 102 Å². The van der Waals surface area contributed by atoms with Gasteiger partial charge in [0.2, 0.25) is 0 Å². The van der Waals surface area contributed by atoms with Gasteiger partial charge in [0.15, 0.2) is 0 Å². The van der Waals surface area contributed by atoms with Crippen LogP contribution in [0.15, 0.2) is 0 Å². The van der Waals surface area contributed by atoms with Crippen LogP contribution in [0.2, 0.25) is 6.04 Å². The van der Waals surface area contributed by atoms with Crippen LogP contribution in [0.25, 0.3) is 0 Å². The van der Waals surface area contributed by atoms with Crippen molar-refractivity contribution in [1.29, 1.82) is 0 Å². The number of methoxy groups -OCH3 is 2. The van der Waals surface area contributed by atoms with Crippen molar-refractivity contribution in [2.24, 2.45) is 0 Å². The van der Waals surface area contributed by atoms with Crippen LogP contribution < -0.4 is 0 Å². The first-order chi connectivity index (χ1) is 7.76.